The van der Waals surface area contributed by atoms with E-state index < -0.39 is 0 Å². The summed E-state index contributed by atoms with van der Waals surface area (Å²) < 4.78 is 10.2. The number of hydrogen-bond donors (Lipinski definition) is 2. The summed E-state index contributed by atoms with van der Waals surface area (Å²) in [5.74, 6) is 1.62. The van der Waals surface area contributed by atoms with E-state index in [-0.39, 0.29) is 6.01 Å². The quantitative estimate of drug-likeness (QED) is 0.803. The number of ether oxygens (including phenoxy) is 1. The third kappa shape index (κ3) is 3.54. The van der Waals surface area contributed by atoms with Crippen LogP contribution in [0.15, 0.2) is 10.6 Å². The second-order valence-corrected chi connectivity index (χ2v) is 3.73. The molecule has 0 atom stereocenters. The highest BCUT2D eigenvalue weighted by atomic mass is 16.5. The molecule has 19 heavy (non-hydrogen) atoms. The van der Waals surface area contributed by atoms with E-state index >= 15 is 0 Å². The molecular formula is C11H16N6O2. The van der Waals surface area contributed by atoms with E-state index in [1.54, 1.807) is 7.05 Å². The molecule has 8 heteroatoms. The molecule has 0 aliphatic carbocycles. The molecular weight excluding hydrogens is 248 g/mol. The molecule has 102 valence electrons. The number of anilines is 2. The van der Waals surface area contributed by atoms with Gasteiger partial charge in [0.2, 0.25) is 11.9 Å². The maximum Gasteiger partial charge on any atom is 0.323 e. The van der Waals surface area contributed by atoms with E-state index in [4.69, 9.17) is 9.26 Å². The summed E-state index contributed by atoms with van der Waals surface area (Å²) in [6.07, 6.45) is 0. The first-order valence-electron chi connectivity index (χ1n) is 5.94. The normalized spacial score (nSPS) is 10.3. The standard InChI is InChI=1S/C11H16N6O2/c1-4-18-11-15-9(12-3)14-10(16-11)13-6-8-5-7(2)19-17-8/h5H,4,6H2,1-3H3,(H2,12,13,14,15,16). The van der Waals surface area contributed by atoms with Gasteiger partial charge in [-0.25, -0.2) is 0 Å². The maximum atomic E-state index is 5.27. The first-order valence-corrected chi connectivity index (χ1v) is 5.94. The number of nitrogens with one attached hydrogen (secondary N) is 2. The Bertz CT molecular complexity index is 542. The summed E-state index contributed by atoms with van der Waals surface area (Å²) in [5.41, 5.74) is 0.780. The molecule has 0 aliphatic rings. The summed E-state index contributed by atoms with van der Waals surface area (Å²) in [7, 11) is 1.73. The van der Waals surface area contributed by atoms with Crippen molar-refractivity contribution in [2.24, 2.45) is 0 Å². The Labute approximate surface area is 110 Å². The molecule has 0 aromatic carbocycles. The van der Waals surface area contributed by atoms with Gasteiger partial charge >= 0.3 is 6.01 Å². The molecule has 8 nitrogen and oxygen atoms in total. The molecule has 2 N–H and O–H groups in total. The molecule has 0 saturated heterocycles. The molecule has 0 aliphatic heterocycles. The van der Waals surface area contributed by atoms with Gasteiger partial charge in [-0.3, -0.25) is 0 Å². The highest BCUT2D eigenvalue weighted by Gasteiger charge is 2.07. The molecule has 0 unspecified atom stereocenters. The lowest BCUT2D eigenvalue weighted by molar-refractivity contribution is 0.312. The highest BCUT2D eigenvalue weighted by molar-refractivity contribution is 5.35. The zero-order chi connectivity index (χ0) is 13.7. The summed E-state index contributed by atoms with van der Waals surface area (Å²) >= 11 is 0. The number of hydrogen-bond acceptors (Lipinski definition) is 8. The van der Waals surface area contributed by atoms with Crippen molar-refractivity contribution in [3.8, 4) is 6.01 Å². The van der Waals surface area contributed by atoms with Gasteiger partial charge in [-0.05, 0) is 13.8 Å². The fraction of sp³-hybridized carbons (Fsp3) is 0.455. The van der Waals surface area contributed by atoms with Crippen molar-refractivity contribution in [3.63, 3.8) is 0 Å². The van der Waals surface area contributed by atoms with Crippen LogP contribution >= 0.6 is 0 Å². The van der Waals surface area contributed by atoms with Crippen LogP contribution in [-0.2, 0) is 6.54 Å². The number of nitrogens with zero attached hydrogens (tertiary/aromatic N) is 4. The van der Waals surface area contributed by atoms with E-state index in [9.17, 15) is 0 Å². The Morgan fingerprint density at radius 2 is 2.05 bits per heavy atom. The minimum Gasteiger partial charge on any atom is -0.464 e. The van der Waals surface area contributed by atoms with Gasteiger partial charge in [0.15, 0.2) is 0 Å². The monoisotopic (exact) mass is 264 g/mol. The summed E-state index contributed by atoms with van der Waals surface area (Å²) in [6, 6.07) is 2.12. The van der Waals surface area contributed by atoms with Gasteiger partial charge in [-0.2, -0.15) is 15.0 Å². The van der Waals surface area contributed by atoms with Crippen molar-refractivity contribution in [1.82, 2.24) is 20.1 Å². The van der Waals surface area contributed by atoms with E-state index in [0.29, 0.717) is 25.0 Å². The molecule has 2 rings (SSSR count). The maximum absolute atomic E-state index is 5.27. The van der Waals surface area contributed by atoms with Crippen molar-refractivity contribution in [1.29, 1.82) is 0 Å². The van der Waals surface area contributed by atoms with Crippen LogP contribution < -0.4 is 15.4 Å². The second kappa shape index (κ2) is 5.98. The van der Waals surface area contributed by atoms with E-state index in [2.05, 4.69) is 30.7 Å². The van der Waals surface area contributed by atoms with Crippen molar-refractivity contribution >= 4 is 11.9 Å². The largest absolute Gasteiger partial charge is 0.464 e. The topological polar surface area (TPSA) is 98.0 Å². The van der Waals surface area contributed by atoms with Crippen molar-refractivity contribution in [3.05, 3.63) is 17.5 Å². The molecule has 0 saturated carbocycles. The number of rotatable bonds is 6. The third-order valence-corrected chi connectivity index (χ3v) is 2.22. The van der Waals surface area contributed by atoms with Crippen LogP contribution in [0.3, 0.4) is 0 Å². The SMILES string of the molecule is CCOc1nc(NC)nc(NCc2cc(C)on2)n1. The van der Waals surface area contributed by atoms with Gasteiger partial charge < -0.3 is 19.9 Å². The Hall–Kier alpha value is -2.38. The van der Waals surface area contributed by atoms with Crippen molar-refractivity contribution in [2.45, 2.75) is 20.4 Å². The lowest BCUT2D eigenvalue weighted by atomic mass is 10.4. The molecule has 2 aromatic rings. The minimum absolute atomic E-state index is 0.278. The Morgan fingerprint density at radius 3 is 2.68 bits per heavy atom. The predicted molar refractivity (Wildman–Crippen MR) is 69.1 cm³/mol. The van der Waals surface area contributed by atoms with Crippen molar-refractivity contribution < 1.29 is 9.26 Å². The average Bonchev–Trinajstić information content (AvgIpc) is 2.82. The molecule has 2 aromatic heterocycles. The fourth-order valence-electron chi connectivity index (χ4n) is 1.41. The average molecular weight is 264 g/mol. The first kappa shape index (κ1) is 13.1. The second-order valence-electron chi connectivity index (χ2n) is 3.73. The van der Waals surface area contributed by atoms with Gasteiger partial charge in [0.25, 0.3) is 0 Å². The van der Waals surface area contributed by atoms with Gasteiger partial charge in [0.1, 0.15) is 11.5 Å². The van der Waals surface area contributed by atoms with Crippen LogP contribution in [0.4, 0.5) is 11.9 Å². The fourth-order valence-corrected chi connectivity index (χ4v) is 1.41. The number of aryl methyl sites for hydroxylation is 1. The van der Waals surface area contributed by atoms with E-state index in [1.807, 2.05) is 19.9 Å². The van der Waals surface area contributed by atoms with Gasteiger partial charge in [-0.15, -0.1) is 0 Å². The Balaban J connectivity index is 2.08. The third-order valence-electron chi connectivity index (χ3n) is 2.22. The predicted octanol–water partition coefficient (Wildman–Crippen LogP) is 1.22. The molecule has 0 bridgehead atoms. The molecule has 0 spiro atoms. The van der Waals surface area contributed by atoms with Gasteiger partial charge in [-0.1, -0.05) is 5.16 Å². The minimum atomic E-state index is 0.278. The highest BCUT2D eigenvalue weighted by Crippen LogP contribution is 2.12. The molecule has 0 radical (unpaired) electrons. The summed E-state index contributed by atoms with van der Waals surface area (Å²) in [5, 5.41) is 9.77. The molecule has 0 fully saturated rings. The molecule has 2 heterocycles. The smallest absolute Gasteiger partial charge is 0.323 e. The Morgan fingerprint density at radius 1 is 1.26 bits per heavy atom. The van der Waals surface area contributed by atoms with Gasteiger partial charge in [0, 0.05) is 13.1 Å². The van der Waals surface area contributed by atoms with Crippen LogP contribution in [0.25, 0.3) is 0 Å². The summed E-state index contributed by atoms with van der Waals surface area (Å²) in [6.45, 7) is 4.67. The van der Waals surface area contributed by atoms with Crippen molar-refractivity contribution in [2.75, 3.05) is 24.3 Å². The first-order chi connectivity index (χ1) is 9.21. The van der Waals surface area contributed by atoms with Crippen LogP contribution in [0, 0.1) is 6.92 Å². The Kier molecular flexibility index (Phi) is 4.11. The van der Waals surface area contributed by atoms with Gasteiger partial charge in [0.05, 0.1) is 13.2 Å². The summed E-state index contributed by atoms with van der Waals surface area (Å²) in [4.78, 5) is 12.4. The zero-order valence-electron chi connectivity index (χ0n) is 11.1. The number of aromatic nitrogens is 4. The van der Waals surface area contributed by atoms with Crippen LogP contribution in [0.2, 0.25) is 0 Å². The molecule has 0 amide bonds. The van der Waals surface area contributed by atoms with Crippen LogP contribution in [0.1, 0.15) is 18.4 Å². The lowest BCUT2D eigenvalue weighted by Gasteiger charge is -2.07. The van der Waals surface area contributed by atoms with E-state index in [1.165, 1.54) is 0 Å². The zero-order valence-corrected chi connectivity index (χ0v) is 11.1. The van der Waals surface area contributed by atoms with Crippen LogP contribution in [0.5, 0.6) is 6.01 Å². The van der Waals surface area contributed by atoms with Crippen LogP contribution in [-0.4, -0.2) is 33.8 Å². The lowest BCUT2D eigenvalue weighted by Crippen LogP contribution is -2.09. The van der Waals surface area contributed by atoms with E-state index in [0.717, 1.165) is 11.5 Å².